The number of benzene rings is 1. The topological polar surface area (TPSA) is 39.1 Å². The number of hydrogen-bond donors (Lipinski definition) is 1. The van der Waals surface area contributed by atoms with Crippen molar-refractivity contribution in [1.29, 1.82) is 0 Å². The molecule has 0 bridgehead atoms. The van der Waals surface area contributed by atoms with Crippen LogP contribution in [0.2, 0.25) is 0 Å². The van der Waals surface area contributed by atoms with Crippen molar-refractivity contribution in [3.05, 3.63) is 30.1 Å². The number of para-hydroxylation sites is 2. The number of imidazole rings is 1. The van der Waals surface area contributed by atoms with Crippen molar-refractivity contribution in [2.24, 2.45) is 7.05 Å². The van der Waals surface area contributed by atoms with Crippen LogP contribution in [-0.2, 0) is 11.8 Å². The molecular formula is C16H23N3O. The lowest BCUT2D eigenvalue weighted by molar-refractivity contribution is -0.115. The molecule has 0 saturated carbocycles. The number of nitrogens with one attached hydrogen (secondary N) is 1. The Balaban J connectivity index is 1.92. The summed E-state index contributed by atoms with van der Waals surface area (Å²) in [5.74, 6) is 1.01. The molecule has 1 N–H and O–H groups in total. The maximum absolute atomic E-state index is 6.36. The van der Waals surface area contributed by atoms with E-state index >= 15 is 0 Å². The zero-order valence-corrected chi connectivity index (χ0v) is 12.5. The minimum absolute atomic E-state index is 0.0256. The van der Waals surface area contributed by atoms with Gasteiger partial charge in [-0.15, -0.1) is 0 Å². The van der Waals surface area contributed by atoms with Gasteiger partial charge in [0.05, 0.1) is 16.6 Å². The molecule has 3 rings (SSSR count). The molecule has 1 aliphatic rings. The van der Waals surface area contributed by atoms with E-state index in [2.05, 4.69) is 49.0 Å². The molecule has 0 spiro atoms. The second kappa shape index (κ2) is 5.19. The van der Waals surface area contributed by atoms with Crippen molar-refractivity contribution in [3.8, 4) is 0 Å². The van der Waals surface area contributed by atoms with Gasteiger partial charge >= 0.3 is 0 Å². The first kappa shape index (κ1) is 13.6. The second-order valence-electron chi connectivity index (χ2n) is 5.96. The first-order valence-corrected chi connectivity index (χ1v) is 7.43. The summed E-state index contributed by atoms with van der Waals surface area (Å²) in [6.07, 6.45) is 2.23. The van der Waals surface area contributed by atoms with Crippen LogP contribution < -0.4 is 5.32 Å². The van der Waals surface area contributed by atoms with Gasteiger partial charge in [-0.05, 0) is 25.5 Å². The van der Waals surface area contributed by atoms with Crippen molar-refractivity contribution < 1.29 is 4.74 Å². The Kier molecular flexibility index (Phi) is 3.52. The van der Waals surface area contributed by atoms with Crippen LogP contribution >= 0.6 is 0 Å². The number of aryl methyl sites for hydroxylation is 1. The number of morpholine rings is 1. The highest BCUT2D eigenvalue weighted by molar-refractivity contribution is 5.75. The Morgan fingerprint density at radius 2 is 2.25 bits per heavy atom. The normalized spacial score (nSPS) is 27.1. The van der Waals surface area contributed by atoms with Crippen LogP contribution in [0.5, 0.6) is 0 Å². The quantitative estimate of drug-likeness (QED) is 0.934. The molecule has 2 unspecified atom stereocenters. The van der Waals surface area contributed by atoms with Crippen LogP contribution in [0.15, 0.2) is 24.3 Å². The molecule has 1 saturated heterocycles. The fraction of sp³-hybridized carbons (Fsp3) is 0.562. The van der Waals surface area contributed by atoms with Gasteiger partial charge in [0.1, 0.15) is 11.9 Å². The van der Waals surface area contributed by atoms with E-state index in [1.165, 1.54) is 0 Å². The summed E-state index contributed by atoms with van der Waals surface area (Å²) in [6, 6.07) is 8.24. The monoisotopic (exact) mass is 273 g/mol. The fourth-order valence-corrected chi connectivity index (χ4v) is 3.17. The molecule has 4 heteroatoms. The molecule has 1 fully saturated rings. The molecule has 1 aromatic carbocycles. The molecule has 0 radical (unpaired) electrons. The number of fused-ring (bicyclic) bond motifs is 1. The first-order chi connectivity index (χ1) is 9.63. The number of nitrogens with zero attached hydrogens (tertiary/aromatic N) is 2. The molecule has 2 aromatic rings. The summed E-state index contributed by atoms with van der Waals surface area (Å²) in [7, 11) is 2.07. The predicted octanol–water partition coefficient (Wildman–Crippen LogP) is 2.79. The lowest BCUT2D eigenvalue weighted by atomic mass is 9.98. The fourth-order valence-electron chi connectivity index (χ4n) is 3.17. The van der Waals surface area contributed by atoms with Crippen LogP contribution in [0.1, 0.15) is 38.6 Å². The van der Waals surface area contributed by atoms with Crippen LogP contribution in [0.25, 0.3) is 11.0 Å². The van der Waals surface area contributed by atoms with E-state index in [0.717, 1.165) is 42.8 Å². The van der Waals surface area contributed by atoms with E-state index in [9.17, 15) is 0 Å². The van der Waals surface area contributed by atoms with Gasteiger partial charge in [-0.1, -0.05) is 25.5 Å². The maximum atomic E-state index is 6.36. The van der Waals surface area contributed by atoms with Gasteiger partial charge in [-0.3, -0.25) is 0 Å². The Morgan fingerprint density at radius 3 is 3.00 bits per heavy atom. The molecule has 1 aromatic heterocycles. The van der Waals surface area contributed by atoms with Crippen LogP contribution in [0, 0.1) is 0 Å². The first-order valence-electron chi connectivity index (χ1n) is 7.43. The van der Waals surface area contributed by atoms with Crippen molar-refractivity contribution in [2.45, 2.75) is 38.4 Å². The Bertz CT molecular complexity index is 603. The summed E-state index contributed by atoms with van der Waals surface area (Å²) in [4.78, 5) is 4.76. The average Bonchev–Trinajstić information content (AvgIpc) is 2.77. The summed E-state index contributed by atoms with van der Waals surface area (Å²) in [6.45, 7) is 6.14. The highest BCUT2D eigenvalue weighted by atomic mass is 16.5. The van der Waals surface area contributed by atoms with Gasteiger partial charge in [0.15, 0.2) is 0 Å². The smallest absolute Gasteiger partial charge is 0.140 e. The van der Waals surface area contributed by atoms with Gasteiger partial charge in [-0.25, -0.2) is 4.98 Å². The standard InChI is InChI=1S/C16H23N3O/c1-4-9-16(2)11-17-10-14(20-16)15-18-12-7-5-6-8-13(12)19(15)3/h5-8,14,17H,4,9-11H2,1-3H3. The van der Waals surface area contributed by atoms with Gasteiger partial charge in [0, 0.05) is 20.1 Å². The van der Waals surface area contributed by atoms with E-state index in [4.69, 9.17) is 9.72 Å². The van der Waals surface area contributed by atoms with E-state index in [1.807, 2.05) is 6.07 Å². The van der Waals surface area contributed by atoms with Crippen molar-refractivity contribution in [3.63, 3.8) is 0 Å². The molecule has 0 amide bonds. The number of rotatable bonds is 3. The summed E-state index contributed by atoms with van der Waals surface area (Å²) in [5, 5.41) is 3.50. The molecule has 4 nitrogen and oxygen atoms in total. The van der Waals surface area contributed by atoms with Crippen LogP contribution in [0.3, 0.4) is 0 Å². The molecule has 108 valence electrons. The lowest BCUT2D eigenvalue weighted by Crippen LogP contribution is -2.49. The van der Waals surface area contributed by atoms with Crippen LogP contribution in [0.4, 0.5) is 0 Å². The maximum Gasteiger partial charge on any atom is 0.140 e. The predicted molar refractivity (Wildman–Crippen MR) is 80.7 cm³/mol. The lowest BCUT2D eigenvalue weighted by Gasteiger charge is -2.39. The highest BCUT2D eigenvalue weighted by Gasteiger charge is 2.34. The van der Waals surface area contributed by atoms with E-state index < -0.39 is 0 Å². The van der Waals surface area contributed by atoms with Crippen molar-refractivity contribution >= 4 is 11.0 Å². The third-order valence-corrected chi connectivity index (χ3v) is 4.14. The second-order valence-corrected chi connectivity index (χ2v) is 5.96. The summed E-state index contributed by atoms with van der Waals surface area (Å²) < 4.78 is 8.52. The minimum Gasteiger partial charge on any atom is -0.361 e. The molecule has 0 aliphatic carbocycles. The van der Waals surface area contributed by atoms with Crippen molar-refractivity contribution in [1.82, 2.24) is 14.9 Å². The Hall–Kier alpha value is -1.39. The minimum atomic E-state index is -0.0875. The SMILES string of the molecule is CCCC1(C)CNCC(c2nc3ccccc3n2C)O1. The zero-order valence-electron chi connectivity index (χ0n) is 12.5. The molecular weight excluding hydrogens is 250 g/mol. The van der Waals surface area contributed by atoms with Gasteiger partial charge < -0.3 is 14.6 Å². The molecule has 2 atom stereocenters. The van der Waals surface area contributed by atoms with Crippen molar-refractivity contribution in [2.75, 3.05) is 13.1 Å². The van der Waals surface area contributed by atoms with Gasteiger partial charge in [0.2, 0.25) is 0 Å². The summed E-state index contributed by atoms with van der Waals surface area (Å²) >= 11 is 0. The van der Waals surface area contributed by atoms with E-state index in [0.29, 0.717) is 0 Å². The Labute approximate surface area is 120 Å². The van der Waals surface area contributed by atoms with Gasteiger partial charge in [-0.2, -0.15) is 0 Å². The zero-order chi connectivity index (χ0) is 14.2. The third-order valence-electron chi connectivity index (χ3n) is 4.14. The average molecular weight is 273 g/mol. The van der Waals surface area contributed by atoms with Crippen LogP contribution in [-0.4, -0.2) is 28.2 Å². The largest absolute Gasteiger partial charge is 0.361 e. The van der Waals surface area contributed by atoms with Gasteiger partial charge in [0.25, 0.3) is 0 Å². The number of aromatic nitrogens is 2. The number of hydrogen-bond acceptors (Lipinski definition) is 3. The molecule has 1 aliphatic heterocycles. The van der Waals surface area contributed by atoms with E-state index in [1.54, 1.807) is 0 Å². The summed E-state index contributed by atoms with van der Waals surface area (Å²) in [5.41, 5.74) is 2.11. The molecule has 20 heavy (non-hydrogen) atoms. The molecule has 2 heterocycles. The number of ether oxygens (including phenoxy) is 1. The highest BCUT2D eigenvalue weighted by Crippen LogP contribution is 2.31. The third kappa shape index (κ3) is 2.34. The Morgan fingerprint density at radius 1 is 1.45 bits per heavy atom. The van der Waals surface area contributed by atoms with E-state index in [-0.39, 0.29) is 11.7 Å².